The second-order valence-electron chi connectivity index (χ2n) is 5.23. The smallest absolute Gasteiger partial charge is 0.299 e. The van der Waals surface area contributed by atoms with Crippen LogP contribution in [0.2, 0.25) is 0 Å². The Morgan fingerprint density at radius 3 is 2.44 bits per heavy atom. The molecule has 3 rings (SSSR count). The number of aromatic nitrogens is 2. The minimum atomic E-state index is -0.783. The monoisotopic (exact) mass is 399 g/mol. The van der Waals surface area contributed by atoms with Gasteiger partial charge in [-0.3, -0.25) is 4.84 Å². The molecule has 0 unspecified atom stereocenters. The number of halogens is 1. The quantitative estimate of drug-likeness (QED) is 0.266. The van der Waals surface area contributed by atoms with Gasteiger partial charge in [0.2, 0.25) is 0 Å². The average Bonchev–Trinajstić information content (AvgIpc) is 3.13. The van der Waals surface area contributed by atoms with Crippen LogP contribution in [0.5, 0.6) is 0 Å². The van der Waals surface area contributed by atoms with Crippen molar-refractivity contribution in [3.05, 3.63) is 99.0 Å². The molecule has 3 aromatic rings. The molecule has 0 saturated heterocycles. The van der Waals surface area contributed by atoms with Gasteiger partial charge in [0.15, 0.2) is 0 Å². The molecule has 126 valence electrons. The maximum absolute atomic E-state index is 11.1. The summed E-state index contributed by atoms with van der Waals surface area (Å²) < 4.78 is 2.76. The van der Waals surface area contributed by atoms with Crippen molar-refractivity contribution < 1.29 is 9.92 Å². The second kappa shape index (κ2) is 7.76. The van der Waals surface area contributed by atoms with Gasteiger partial charge in [-0.15, -0.1) is 10.1 Å². The lowest BCUT2D eigenvalue weighted by molar-refractivity contribution is -0.730. The third-order valence-electron chi connectivity index (χ3n) is 3.57. The zero-order valence-electron chi connectivity index (χ0n) is 13.1. The van der Waals surface area contributed by atoms with Gasteiger partial charge in [0.05, 0.1) is 12.9 Å². The molecule has 6 nitrogen and oxygen atoms in total. The zero-order chi connectivity index (χ0) is 17.6. The fourth-order valence-electron chi connectivity index (χ4n) is 2.45. The molecule has 25 heavy (non-hydrogen) atoms. The molecule has 1 heterocycles. The van der Waals surface area contributed by atoms with Gasteiger partial charge in [-0.2, -0.15) is 0 Å². The normalized spacial score (nSPS) is 11.7. The molecule has 0 radical (unpaired) electrons. The third-order valence-corrected chi connectivity index (χ3v) is 4.10. The zero-order valence-corrected chi connectivity index (χ0v) is 14.7. The van der Waals surface area contributed by atoms with E-state index < -0.39 is 5.09 Å². The molecular weight excluding hydrogens is 386 g/mol. The highest BCUT2D eigenvalue weighted by molar-refractivity contribution is 9.10. The summed E-state index contributed by atoms with van der Waals surface area (Å²) in [6, 6.07) is 16.6. The maximum Gasteiger partial charge on any atom is 0.299 e. The third kappa shape index (κ3) is 4.33. The lowest BCUT2D eigenvalue weighted by Crippen LogP contribution is -2.07. The number of allylic oxidation sites excluding steroid dienone is 1. The number of hydrogen-bond acceptors (Lipinski definition) is 4. The topological polar surface area (TPSA) is 70.2 Å². The van der Waals surface area contributed by atoms with Crippen LogP contribution in [0.25, 0.3) is 11.3 Å². The minimum absolute atomic E-state index is 0.210. The minimum Gasteiger partial charge on any atom is -0.333 e. The van der Waals surface area contributed by atoms with Crippen LogP contribution in [-0.4, -0.2) is 14.6 Å². The summed E-state index contributed by atoms with van der Waals surface area (Å²) in [4.78, 5) is 20.1. The van der Waals surface area contributed by atoms with Gasteiger partial charge >= 0.3 is 0 Å². The summed E-state index contributed by atoms with van der Waals surface area (Å²) in [7, 11) is 0. The van der Waals surface area contributed by atoms with Crippen molar-refractivity contribution in [3.63, 3.8) is 0 Å². The predicted molar refractivity (Wildman–Crippen MR) is 97.7 cm³/mol. The first-order valence-corrected chi connectivity index (χ1v) is 8.25. The van der Waals surface area contributed by atoms with E-state index >= 15 is 0 Å². The molecule has 1 aromatic heterocycles. The molecule has 0 N–H and O–H groups in total. The molecule has 0 amide bonds. The van der Waals surface area contributed by atoms with Crippen LogP contribution in [0.4, 0.5) is 0 Å². The van der Waals surface area contributed by atoms with E-state index in [1.807, 2.05) is 47.0 Å². The number of nitrogens with zero attached hydrogens (tertiary/aromatic N) is 3. The Balaban J connectivity index is 2.17. The van der Waals surface area contributed by atoms with Crippen molar-refractivity contribution in [1.82, 2.24) is 9.55 Å². The second-order valence-corrected chi connectivity index (χ2v) is 6.15. The van der Waals surface area contributed by atoms with Crippen molar-refractivity contribution in [3.8, 4) is 0 Å². The van der Waals surface area contributed by atoms with Gasteiger partial charge in [-0.05, 0) is 17.7 Å². The molecule has 2 aromatic carbocycles. The number of imidazole rings is 1. The molecule has 0 aliphatic rings. The first-order valence-electron chi connectivity index (χ1n) is 7.46. The highest BCUT2D eigenvalue weighted by atomic mass is 79.9. The Bertz CT molecular complexity index is 876. The van der Waals surface area contributed by atoms with Gasteiger partial charge < -0.3 is 4.57 Å². The van der Waals surface area contributed by atoms with Crippen LogP contribution in [0, 0.1) is 10.1 Å². The summed E-state index contributed by atoms with van der Waals surface area (Å²) >= 11 is 3.41. The average molecular weight is 400 g/mol. The summed E-state index contributed by atoms with van der Waals surface area (Å²) in [6.45, 7) is 0.389. The van der Waals surface area contributed by atoms with Crippen LogP contribution in [0.15, 0.2) is 77.8 Å². The van der Waals surface area contributed by atoms with E-state index in [9.17, 15) is 10.1 Å². The highest BCUT2D eigenvalue weighted by Crippen LogP contribution is 2.30. The van der Waals surface area contributed by atoms with Crippen molar-refractivity contribution >= 4 is 27.3 Å². The van der Waals surface area contributed by atoms with Crippen molar-refractivity contribution in [2.75, 3.05) is 0 Å². The largest absolute Gasteiger partial charge is 0.333 e. The fraction of sp³-hybridized carbons (Fsp3) is 0.0556. The molecular formula is C18H14BrN3O3. The molecule has 0 saturated carbocycles. The lowest BCUT2D eigenvalue weighted by Gasteiger charge is -2.15. The predicted octanol–water partition coefficient (Wildman–Crippen LogP) is 4.42. The highest BCUT2D eigenvalue weighted by Gasteiger charge is 2.16. The van der Waals surface area contributed by atoms with Crippen LogP contribution >= 0.6 is 15.9 Å². The number of rotatable bonds is 6. The molecule has 7 heteroatoms. The summed E-state index contributed by atoms with van der Waals surface area (Å²) in [6.07, 6.45) is 5.12. The van der Waals surface area contributed by atoms with Crippen LogP contribution in [0.1, 0.15) is 11.1 Å². The van der Waals surface area contributed by atoms with E-state index in [0.717, 1.165) is 10.0 Å². The Hall–Kier alpha value is -2.93. The van der Waals surface area contributed by atoms with Crippen LogP contribution in [-0.2, 0) is 11.4 Å². The van der Waals surface area contributed by atoms with Crippen molar-refractivity contribution in [2.45, 2.75) is 6.54 Å². The molecule has 0 fully saturated rings. The summed E-state index contributed by atoms with van der Waals surface area (Å²) in [5.74, 6) is 0.210. The Morgan fingerprint density at radius 2 is 1.84 bits per heavy atom. The molecule has 0 spiro atoms. The van der Waals surface area contributed by atoms with Gasteiger partial charge in [0.25, 0.3) is 5.09 Å². The van der Waals surface area contributed by atoms with E-state index in [4.69, 9.17) is 4.84 Å². The van der Waals surface area contributed by atoms with Crippen molar-refractivity contribution in [1.29, 1.82) is 0 Å². The fourth-order valence-corrected chi connectivity index (χ4v) is 2.72. The Kier molecular flexibility index (Phi) is 5.25. The first kappa shape index (κ1) is 16.9. The maximum atomic E-state index is 11.1. The van der Waals surface area contributed by atoms with Gasteiger partial charge in [0.1, 0.15) is 5.76 Å². The van der Waals surface area contributed by atoms with E-state index in [-0.39, 0.29) is 5.76 Å². The molecule has 0 atom stereocenters. The number of hydrogen-bond donors (Lipinski definition) is 0. The van der Waals surface area contributed by atoms with Gasteiger partial charge in [-0.25, -0.2) is 4.98 Å². The first-order chi connectivity index (χ1) is 12.1. The van der Waals surface area contributed by atoms with Crippen LogP contribution in [0.3, 0.4) is 0 Å². The standard InChI is InChI=1S/C18H14BrN3O3/c19-16-8-6-14(7-9-16)17(12-21-11-10-20-13-21)18(25-22(23)24)15-4-2-1-3-5-15/h1-11,13H,12H2/b18-17-. The Morgan fingerprint density at radius 1 is 1.12 bits per heavy atom. The van der Waals surface area contributed by atoms with E-state index in [2.05, 4.69) is 20.9 Å². The molecule has 0 aliphatic carbocycles. The van der Waals surface area contributed by atoms with E-state index in [0.29, 0.717) is 17.7 Å². The van der Waals surface area contributed by atoms with Gasteiger partial charge in [0, 0.05) is 28.0 Å². The SMILES string of the molecule is O=[N+]([O-])O/C(=C(/Cn1ccnc1)c1ccc(Br)cc1)c1ccccc1. The van der Waals surface area contributed by atoms with Gasteiger partial charge in [-0.1, -0.05) is 58.4 Å². The Labute approximate surface area is 152 Å². The lowest BCUT2D eigenvalue weighted by atomic mass is 10.0. The molecule has 0 bridgehead atoms. The summed E-state index contributed by atoms with van der Waals surface area (Å²) in [5.41, 5.74) is 2.16. The van der Waals surface area contributed by atoms with Crippen molar-refractivity contribution in [2.24, 2.45) is 0 Å². The van der Waals surface area contributed by atoms with E-state index in [1.165, 1.54) is 0 Å². The van der Waals surface area contributed by atoms with Crippen LogP contribution < -0.4 is 0 Å². The van der Waals surface area contributed by atoms with E-state index in [1.54, 1.807) is 30.9 Å². The number of benzene rings is 2. The molecule has 0 aliphatic heterocycles. The summed E-state index contributed by atoms with van der Waals surface area (Å²) in [5, 5.41) is 10.3.